The van der Waals surface area contributed by atoms with Gasteiger partial charge in [0, 0.05) is 6.54 Å². The summed E-state index contributed by atoms with van der Waals surface area (Å²) in [7, 11) is 0. The van der Waals surface area contributed by atoms with Crippen LogP contribution in [0.5, 0.6) is 0 Å². The third-order valence-electron chi connectivity index (χ3n) is 2.15. The summed E-state index contributed by atoms with van der Waals surface area (Å²) in [6.45, 7) is 2.14. The normalized spacial score (nSPS) is 10.4. The van der Waals surface area contributed by atoms with Crippen LogP contribution in [0.4, 0.5) is 8.78 Å². The molecule has 2 nitrogen and oxygen atoms in total. The van der Waals surface area contributed by atoms with E-state index < -0.39 is 12.3 Å². The van der Waals surface area contributed by atoms with Gasteiger partial charge in [-0.05, 0) is 17.5 Å². The van der Waals surface area contributed by atoms with Crippen LogP contribution in [0.15, 0.2) is 24.3 Å². The van der Waals surface area contributed by atoms with E-state index in [1.54, 1.807) is 0 Å². The van der Waals surface area contributed by atoms with Crippen LogP contribution in [0.3, 0.4) is 0 Å². The van der Waals surface area contributed by atoms with E-state index in [1.807, 2.05) is 31.2 Å². The largest absolute Gasteiger partial charge is 0.347 e. The zero-order valence-electron chi connectivity index (χ0n) is 8.47. The average Bonchev–Trinajstić information content (AvgIpc) is 2.26. The quantitative estimate of drug-likeness (QED) is 0.815. The summed E-state index contributed by atoms with van der Waals surface area (Å²) >= 11 is 0. The van der Waals surface area contributed by atoms with Crippen LogP contribution in [0.25, 0.3) is 0 Å². The molecule has 0 atom stereocenters. The molecule has 0 unspecified atom stereocenters. The fourth-order valence-electron chi connectivity index (χ4n) is 1.33. The van der Waals surface area contributed by atoms with E-state index in [0.717, 1.165) is 17.5 Å². The molecular weight excluding hydrogens is 200 g/mol. The zero-order valence-corrected chi connectivity index (χ0v) is 8.47. The number of carbonyl (C=O) groups excluding carboxylic acids is 1. The van der Waals surface area contributed by atoms with E-state index in [0.29, 0.717) is 0 Å². The van der Waals surface area contributed by atoms with Gasteiger partial charge in [-0.25, -0.2) is 0 Å². The summed E-state index contributed by atoms with van der Waals surface area (Å²) < 4.78 is 23.8. The van der Waals surface area contributed by atoms with Crippen LogP contribution in [0.1, 0.15) is 18.1 Å². The molecule has 0 bridgehead atoms. The van der Waals surface area contributed by atoms with Gasteiger partial charge in [-0.1, -0.05) is 31.2 Å². The van der Waals surface area contributed by atoms with E-state index in [-0.39, 0.29) is 6.54 Å². The third kappa shape index (κ3) is 3.31. The first-order valence-corrected chi connectivity index (χ1v) is 4.77. The molecule has 0 aliphatic rings. The van der Waals surface area contributed by atoms with Gasteiger partial charge in [0.15, 0.2) is 0 Å². The van der Waals surface area contributed by atoms with Crippen molar-refractivity contribution in [2.75, 3.05) is 0 Å². The van der Waals surface area contributed by atoms with Gasteiger partial charge in [-0.2, -0.15) is 8.78 Å². The Morgan fingerprint density at radius 1 is 1.33 bits per heavy atom. The fourth-order valence-corrected chi connectivity index (χ4v) is 1.33. The number of amides is 1. The van der Waals surface area contributed by atoms with Crippen molar-refractivity contribution < 1.29 is 13.6 Å². The van der Waals surface area contributed by atoms with Crippen LogP contribution in [0.2, 0.25) is 0 Å². The summed E-state index contributed by atoms with van der Waals surface area (Å²) in [5, 5.41) is 2.18. The maximum Gasteiger partial charge on any atom is 0.315 e. The van der Waals surface area contributed by atoms with Gasteiger partial charge in [0.05, 0.1) is 0 Å². The Balaban J connectivity index is 2.61. The molecule has 1 N–H and O–H groups in total. The molecule has 0 heterocycles. The maximum atomic E-state index is 11.9. The summed E-state index contributed by atoms with van der Waals surface area (Å²) in [6, 6.07) is 7.45. The highest BCUT2D eigenvalue weighted by molar-refractivity contribution is 5.79. The van der Waals surface area contributed by atoms with E-state index in [1.165, 1.54) is 0 Å². The van der Waals surface area contributed by atoms with Crippen molar-refractivity contribution in [1.82, 2.24) is 5.32 Å². The van der Waals surface area contributed by atoms with Crippen molar-refractivity contribution in [2.24, 2.45) is 0 Å². The summed E-state index contributed by atoms with van der Waals surface area (Å²) in [4.78, 5) is 10.7. The molecule has 1 amide bonds. The lowest BCUT2D eigenvalue weighted by Crippen LogP contribution is -2.29. The topological polar surface area (TPSA) is 29.1 Å². The molecule has 4 heteroatoms. The number of benzene rings is 1. The standard InChI is InChI=1S/C11H13F2NO/c1-2-8-5-3-4-6-9(8)7-14-11(15)10(12)13/h3-6,10H,2,7H2,1H3,(H,14,15). The predicted octanol–water partition coefficient (Wildman–Crippen LogP) is 2.13. The second-order valence-electron chi connectivity index (χ2n) is 3.14. The summed E-state index contributed by atoms with van der Waals surface area (Å²) in [6.07, 6.45) is -2.13. The van der Waals surface area contributed by atoms with Crippen molar-refractivity contribution in [3.05, 3.63) is 35.4 Å². The number of aryl methyl sites for hydroxylation is 1. The van der Waals surface area contributed by atoms with Gasteiger partial charge >= 0.3 is 6.43 Å². The summed E-state index contributed by atoms with van der Waals surface area (Å²) in [5.74, 6) is -1.22. The molecule has 0 fully saturated rings. The van der Waals surface area contributed by atoms with Crippen LogP contribution in [-0.2, 0) is 17.8 Å². The van der Waals surface area contributed by atoms with Gasteiger partial charge < -0.3 is 5.32 Å². The van der Waals surface area contributed by atoms with Crippen LogP contribution in [0, 0.1) is 0 Å². The number of halogens is 2. The molecule has 0 spiro atoms. The second kappa shape index (κ2) is 5.44. The van der Waals surface area contributed by atoms with Gasteiger partial charge in [0.2, 0.25) is 0 Å². The van der Waals surface area contributed by atoms with Crippen LogP contribution < -0.4 is 5.32 Å². The third-order valence-corrected chi connectivity index (χ3v) is 2.15. The molecule has 0 saturated carbocycles. The lowest BCUT2D eigenvalue weighted by molar-refractivity contribution is -0.131. The first-order chi connectivity index (χ1) is 7.15. The Bertz CT molecular complexity index is 339. The highest BCUT2D eigenvalue weighted by Gasteiger charge is 2.14. The van der Waals surface area contributed by atoms with Crippen LogP contribution in [-0.4, -0.2) is 12.3 Å². The first-order valence-electron chi connectivity index (χ1n) is 4.77. The van der Waals surface area contributed by atoms with Gasteiger partial charge in [-0.3, -0.25) is 4.79 Å². The molecule has 0 radical (unpaired) electrons. The smallest absolute Gasteiger partial charge is 0.315 e. The van der Waals surface area contributed by atoms with Crippen LogP contribution >= 0.6 is 0 Å². The molecule has 0 aliphatic heterocycles. The molecule has 1 aromatic carbocycles. The SMILES string of the molecule is CCc1ccccc1CNC(=O)C(F)F. The second-order valence-corrected chi connectivity index (χ2v) is 3.14. The van der Waals surface area contributed by atoms with Crippen molar-refractivity contribution in [3.8, 4) is 0 Å². The molecule has 15 heavy (non-hydrogen) atoms. The Morgan fingerprint density at radius 2 is 1.93 bits per heavy atom. The lowest BCUT2D eigenvalue weighted by atomic mass is 10.1. The Kier molecular flexibility index (Phi) is 4.21. The average molecular weight is 213 g/mol. The number of alkyl halides is 2. The highest BCUT2D eigenvalue weighted by atomic mass is 19.3. The van der Waals surface area contributed by atoms with Crippen molar-refractivity contribution in [2.45, 2.75) is 26.3 Å². The zero-order chi connectivity index (χ0) is 11.3. The predicted molar refractivity (Wildman–Crippen MR) is 53.7 cm³/mol. The molecule has 0 aliphatic carbocycles. The van der Waals surface area contributed by atoms with Crippen molar-refractivity contribution >= 4 is 5.91 Å². The van der Waals surface area contributed by atoms with E-state index >= 15 is 0 Å². The molecule has 1 rings (SSSR count). The van der Waals surface area contributed by atoms with E-state index in [4.69, 9.17) is 0 Å². The van der Waals surface area contributed by atoms with E-state index in [2.05, 4.69) is 5.32 Å². The number of rotatable bonds is 4. The Labute approximate surface area is 87.3 Å². The number of carbonyl (C=O) groups is 1. The number of hydrogen-bond acceptors (Lipinski definition) is 1. The minimum absolute atomic E-state index is 0.160. The minimum Gasteiger partial charge on any atom is -0.347 e. The monoisotopic (exact) mass is 213 g/mol. The molecular formula is C11H13F2NO. The van der Waals surface area contributed by atoms with Crippen molar-refractivity contribution in [3.63, 3.8) is 0 Å². The molecule has 0 aromatic heterocycles. The summed E-state index contributed by atoms with van der Waals surface area (Å²) in [5.41, 5.74) is 1.95. The Morgan fingerprint density at radius 3 is 2.47 bits per heavy atom. The highest BCUT2D eigenvalue weighted by Crippen LogP contribution is 2.09. The first kappa shape index (κ1) is 11.6. The molecule has 0 saturated heterocycles. The minimum atomic E-state index is -2.95. The van der Waals surface area contributed by atoms with Crippen molar-refractivity contribution in [1.29, 1.82) is 0 Å². The molecule has 1 aromatic rings. The number of hydrogen-bond donors (Lipinski definition) is 1. The number of nitrogens with one attached hydrogen (secondary N) is 1. The Hall–Kier alpha value is -1.45. The maximum absolute atomic E-state index is 11.9. The van der Waals surface area contributed by atoms with E-state index in [9.17, 15) is 13.6 Å². The van der Waals surface area contributed by atoms with Gasteiger partial charge in [0.25, 0.3) is 5.91 Å². The lowest BCUT2D eigenvalue weighted by Gasteiger charge is -2.08. The van der Waals surface area contributed by atoms with Gasteiger partial charge in [-0.15, -0.1) is 0 Å². The molecule has 82 valence electrons. The fraction of sp³-hybridized carbons (Fsp3) is 0.364. The van der Waals surface area contributed by atoms with Gasteiger partial charge in [0.1, 0.15) is 0 Å².